The highest BCUT2D eigenvalue weighted by atomic mass is 16.1. The van der Waals surface area contributed by atoms with Gasteiger partial charge in [-0.1, -0.05) is 36.4 Å². The number of nitrogens with two attached hydrogens (primary N) is 1. The van der Waals surface area contributed by atoms with Crippen LogP contribution in [0.1, 0.15) is 31.0 Å². The molecule has 1 aliphatic rings. The molecule has 0 aliphatic heterocycles. The lowest BCUT2D eigenvalue weighted by Gasteiger charge is -2.11. The van der Waals surface area contributed by atoms with E-state index in [0.29, 0.717) is 18.2 Å². The zero-order chi connectivity index (χ0) is 16.5. The quantitative estimate of drug-likeness (QED) is 0.770. The van der Waals surface area contributed by atoms with Gasteiger partial charge in [0.1, 0.15) is 11.6 Å². The summed E-state index contributed by atoms with van der Waals surface area (Å²) in [7, 11) is 0. The second kappa shape index (κ2) is 5.88. The summed E-state index contributed by atoms with van der Waals surface area (Å²) in [5, 5.41) is 5.40. The largest absolute Gasteiger partial charge is 0.368 e. The third-order valence-electron chi connectivity index (χ3n) is 4.32. The van der Waals surface area contributed by atoms with Crippen LogP contribution in [0.15, 0.2) is 42.5 Å². The van der Waals surface area contributed by atoms with Crippen LogP contribution in [0.25, 0.3) is 10.8 Å². The van der Waals surface area contributed by atoms with E-state index in [1.165, 1.54) is 0 Å². The Labute approximate surface area is 139 Å². The topological polar surface area (TPSA) is 93.8 Å². The van der Waals surface area contributed by atoms with Crippen LogP contribution < -0.4 is 11.1 Å². The second-order valence-electron chi connectivity index (χ2n) is 5.94. The van der Waals surface area contributed by atoms with Crippen molar-refractivity contribution in [2.45, 2.75) is 25.2 Å². The third-order valence-corrected chi connectivity index (χ3v) is 4.32. The van der Waals surface area contributed by atoms with E-state index in [1.54, 1.807) is 0 Å². The zero-order valence-corrected chi connectivity index (χ0v) is 13.1. The van der Waals surface area contributed by atoms with Gasteiger partial charge in [0.05, 0.1) is 5.92 Å². The van der Waals surface area contributed by atoms with Crippen molar-refractivity contribution >= 4 is 34.1 Å². The zero-order valence-electron chi connectivity index (χ0n) is 13.1. The number of nitrogen functional groups attached to an aromatic ring is 1. The van der Waals surface area contributed by atoms with Gasteiger partial charge >= 0.3 is 0 Å². The van der Waals surface area contributed by atoms with Gasteiger partial charge in [-0.15, -0.1) is 0 Å². The van der Waals surface area contributed by atoms with Gasteiger partial charge in [0.25, 0.3) is 0 Å². The molecule has 1 aliphatic carbocycles. The first-order valence-electron chi connectivity index (χ1n) is 7.99. The van der Waals surface area contributed by atoms with Crippen LogP contribution in [0, 0.1) is 0 Å². The van der Waals surface area contributed by atoms with E-state index in [-0.39, 0.29) is 17.6 Å². The smallest absolute Gasteiger partial charge is 0.232 e. The Kier molecular flexibility index (Phi) is 3.57. The van der Waals surface area contributed by atoms with Crippen LogP contribution in [0.4, 0.5) is 17.6 Å². The lowest BCUT2D eigenvalue weighted by molar-refractivity contribution is -0.118. The van der Waals surface area contributed by atoms with Crippen LogP contribution in [-0.2, 0) is 4.79 Å². The number of carbonyl (C=O) groups excluding carboxylic acids is 1. The number of nitrogens with zero attached hydrogens (tertiary/aromatic N) is 3. The first-order chi connectivity index (χ1) is 11.7. The van der Waals surface area contributed by atoms with E-state index in [4.69, 9.17) is 5.73 Å². The minimum absolute atomic E-state index is 0.127. The molecule has 1 saturated carbocycles. The molecular weight excluding hydrogens is 302 g/mol. The highest BCUT2D eigenvalue weighted by Gasteiger charge is 2.29. The van der Waals surface area contributed by atoms with Gasteiger partial charge in [0.15, 0.2) is 0 Å². The average Bonchev–Trinajstić information content (AvgIpc) is 3.01. The maximum absolute atomic E-state index is 12.0. The molecular formula is C18H17N5O. The summed E-state index contributed by atoms with van der Waals surface area (Å²) >= 11 is 0. The molecule has 4 rings (SSSR count). The van der Waals surface area contributed by atoms with Crippen LogP contribution in [0.3, 0.4) is 0 Å². The van der Waals surface area contributed by atoms with Crippen molar-refractivity contribution in [2.75, 3.05) is 11.1 Å². The number of hydrogen-bond donors (Lipinski definition) is 2. The number of Topliss-reactive ketones (excluding diaryl/α,β-unsaturated/α-hetero) is 1. The van der Waals surface area contributed by atoms with Crippen LogP contribution in [-0.4, -0.2) is 20.7 Å². The SMILES string of the molecule is Nc1nc(Nc2cccc3ccccc23)nc([C@H]2CCCC2=O)n1. The van der Waals surface area contributed by atoms with Crippen molar-refractivity contribution < 1.29 is 4.79 Å². The maximum atomic E-state index is 12.0. The molecule has 0 saturated heterocycles. The van der Waals surface area contributed by atoms with E-state index in [0.717, 1.165) is 29.3 Å². The average molecular weight is 319 g/mol. The first kappa shape index (κ1) is 14.6. The fourth-order valence-electron chi connectivity index (χ4n) is 3.16. The van der Waals surface area contributed by atoms with Crippen molar-refractivity contribution in [3.63, 3.8) is 0 Å². The number of hydrogen-bond acceptors (Lipinski definition) is 6. The van der Waals surface area contributed by atoms with E-state index < -0.39 is 0 Å². The monoisotopic (exact) mass is 319 g/mol. The third kappa shape index (κ3) is 2.67. The van der Waals surface area contributed by atoms with Gasteiger partial charge < -0.3 is 11.1 Å². The number of fused-ring (bicyclic) bond motifs is 1. The lowest BCUT2D eigenvalue weighted by Crippen LogP contribution is -2.13. The molecule has 1 aromatic heterocycles. The standard InChI is InChI=1S/C18H17N5O/c19-17-21-16(13-8-4-10-15(13)24)22-18(23-17)20-14-9-3-6-11-5-1-2-7-12(11)14/h1-3,5-7,9,13H,4,8,10H2,(H3,19,20,21,22,23)/t13-/m0/s1. The minimum Gasteiger partial charge on any atom is -0.368 e. The highest BCUT2D eigenvalue weighted by molar-refractivity contribution is 5.95. The minimum atomic E-state index is -0.261. The fourth-order valence-corrected chi connectivity index (χ4v) is 3.16. The van der Waals surface area contributed by atoms with Crippen LogP contribution in [0.2, 0.25) is 0 Å². The molecule has 120 valence electrons. The molecule has 0 radical (unpaired) electrons. The Bertz CT molecular complexity index is 919. The van der Waals surface area contributed by atoms with E-state index in [1.807, 2.05) is 42.5 Å². The van der Waals surface area contributed by atoms with E-state index in [9.17, 15) is 4.79 Å². The molecule has 0 spiro atoms. The second-order valence-corrected chi connectivity index (χ2v) is 5.94. The number of anilines is 3. The molecule has 1 atom stereocenters. The Morgan fingerprint density at radius 3 is 2.71 bits per heavy atom. The summed E-state index contributed by atoms with van der Waals surface area (Å²) < 4.78 is 0. The Morgan fingerprint density at radius 2 is 1.88 bits per heavy atom. The van der Waals surface area contributed by atoms with Crippen LogP contribution in [0.5, 0.6) is 0 Å². The van der Waals surface area contributed by atoms with Gasteiger partial charge in [0.2, 0.25) is 11.9 Å². The van der Waals surface area contributed by atoms with E-state index >= 15 is 0 Å². The number of benzene rings is 2. The lowest BCUT2D eigenvalue weighted by atomic mass is 10.1. The molecule has 2 aromatic carbocycles. The summed E-state index contributed by atoms with van der Waals surface area (Å²) in [6, 6.07) is 14.0. The highest BCUT2D eigenvalue weighted by Crippen LogP contribution is 2.30. The predicted molar refractivity (Wildman–Crippen MR) is 93.1 cm³/mol. The summed E-state index contributed by atoms with van der Waals surface area (Å²) in [6.45, 7) is 0. The van der Waals surface area contributed by atoms with Gasteiger partial charge in [0, 0.05) is 17.5 Å². The molecule has 0 unspecified atom stereocenters. The predicted octanol–water partition coefficient (Wildman–Crippen LogP) is 3.19. The van der Waals surface area contributed by atoms with Gasteiger partial charge in [-0.3, -0.25) is 4.79 Å². The molecule has 6 nitrogen and oxygen atoms in total. The Morgan fingerprint density at radius 1 is 1.04 bits per heavy atom. The molecule has 1 heterocycles. The molecule has 24 heavy (non-hydrogen) atoms. The van der Waals surface area contributed by atoms with Crippen molar-refractivity contribution in [3.05, 3.63) is 48.3 Å². The molecule has 6 heteroatoms. The summed E-state index contributed by atoms with van der Waals surface area (Å²) in [6.07, 6.45) is 2.24. The maximum Gasteiger partial charge on any atom is 0.232 e. The Hall–Kier alpha value is -3.02. The molecule has 3 N–H and O–H groups in total. The molecule has 1 fully saturated rings. The molecule has 0 bridgehead atoms. The van der Waals surface area contributed by atoms with Crippen molar-refractivity contribution in [3.8, 4) is 0 Å². The van der Waals surface area contributed by atoms with Gasteiger partial charge in [-0.05, 0) is 24.3 Å². The Balaban J connectivity index is 1.71. The first-order valence-corrected chi connectivity index (χ1v) is 7.99. The molecule has 0 amide bonds. The van der Waals surface area contributed by atoms with Gasteiger partial charge in [-0.25, -0.2) is 0 Å². The summed E-state index contributed by atoms with van der Waals surface area (Å²) in [5.74, 6) is 0.879. The van der Waals surface area contributed by atoms with Gasteiger partial charge in [-0.2, -0.15) is 15.0 Å². The number of ketones is 1. The number of nitrogens with one attached hydrogen (secondary N) is 1. The summed E-state index contributed by atoms with van der Waals surface area (Å²) in [5.41, 5.74) is 6.72. The summed E-state index contributed by atoms with van der Waals surface area (Å²) in [4.78, 5) is 24.7. The normalized spacial score (nSPS) is 17.3. The number of rotatable bonds is 3. The number of carbonyl (C=O) groups is 1. The fraction of sp³-hybridized carbons (Fsp3) is 0.222. The molecule has 3 aromatic rings. The van der Waals surface area contributed by atoms with Crippen molar-refractivity contribution in [2.24, 2.45) is 0 Å². The van der Waals surface area contributed by atoms with Crippen LogP contribution >= 0.6 is 0 Å². The van der Waals surface area contributed by atoms with Crippen molar-refractivity contribution in [1.29, 1.82) is 0 Å². The number of aromatic nitrogens is 3. The van der Waals surface area contributed by atoms with Crippen molar-refractivity contribution in [1.82, 2.24) is 15.0 Å². The van der Waals surface area contributed by atoms with E-state index in [2.05, 4.69) is 20.3 Å².